The molecule has 1 atom stereocenters. The molecule has 28 heavy (non-hydrogen) atoms. The van der Waals surface area contributed by atoms with Crippen LogP contribution in [0.25, 0.3) is 6.08 Å². The molecule has 0 aromatic heterocycles. The third-order valence-corrected chi connectivity index (χ3v) is 9.69. The summed E-state index contributed by atoms with van der Waals surface area (Å²) in [5.41, 5.74) is 4.13. The van der Waals surface area contributed by atoms with Crippen molar-refractivity contribution in [1.82, 2.24) is 0 Å². The van der Waals surface area contributed by atoms with Crippen LogP contribution in [-0.2, 0) is 26.2 Å². The maximum atomic E-state index is 13.8. The average molecular weight is 475 g/mol. The molecule has 156 valence electrons. The molecule has 0 aliphatic heterocycles. The van der Waals surface area contributed by atoms with Crippen molar-refractivity contribution in [3.05, 3.63) is 41.0 Å². The summed E-state index contributed by atoms with van der Waals surface area (Å²) >= 11 is 0. The van der Waals surface area contributed by atoms with E-state index in [4.69, 9.17) is 0 Å². The molecule has 1 saturated carbocycles. The van der Waals surface area contributed by atoms with Crippen LogP contribution in [0.4, 0.5) is 0 Å². The van der Waals surface area contributed by atoms with Crippen molar-refractivity contribution in [2.24, 2.45) is 5.92 Å². The summed E-state index contributed by atoms with van der Waals surface area (Å²) in [6, 6.07) is 8.62. The molecule has 0 heterocycles. The first-order valence-electron chi connectivity index (χ1n) is 9.89. The Morgan fingerprint density at radius 2 is 1.61 bits per heavy atom. The van der Waals surface area contributed by atoms with Crippen LogP contribution in [0.1, 0.15) is 76.0 Å². The van der Waals surface area contributed by atoms with Crippen molar-refractivity contribution >= 4 is 14.9 Å². The van der Waals surface area contributed by atoms with Crippen LogP contribution in [0.2, 0.25) is 0 Å². The number of hydrogen-bond donors (Lipinski definition) is 0. The van der Waals surface area contributed by atoms with Crippen LogP contribution in [0.5, 0.6) is 0 Å². The smallest absolute Gasteiger partial charge is 0.565 e. The molecule has 0 spiro atoms. The van der Waals surface area contributed by atoms with E-state index in [1.807, 2.05) is 0 Å². The van der Waals surface area contributed by atoms with Gasteiger partial charge in [0, 0.05) is 21.7 Å². The topological polar surface area (TPSA) is 17.1 Å². The van der Waals surface area contributed by atoms with Gasteiger partial charge in [0.15, 0.2) is 0 Å². The van der Waals surface area contributed by atoms with Gasteiger partial charge in [0.1, 0.15) is 5.54 Å². The van der Waals surface area contributed by atoms with Gasteiger partial charge in [-0.1, -0.05) is 68.0 Å². The van der Waals surface area contributed by atoms with Gasteiger partial charge in [0.05, 0.1) is 19.6 Å². The third kappa shape index (κ3) is 5.68. The molecule has 0 radical (unpaired) electrons. The molecule has 1 unspecified atom stereocenters. The summed E-state index contributed by atoms with van der Waals surface area (Å²) in [6.07, 6.45) is 10.3. The van der Waals surface area contributed by atoms with Crippen molar-refractivity contribution in [1.29, 1.82) is 0 Å². The number of quaternary nitrogens is 1. The van der Waals surface area contributed by atoms with Gasteiger partial charge in [-0.05, 0) is 44.2 Å². The molecule has 1 fully saturated rings. The van der Waals surface area contributed by atoms with Gasteiger partial charge in [-0.3, -0.25) is 0 Å². The molecule has 3 rings (SSSR count). The summed E-state index contributed by atoms with van der Waals surface area (Å²) in [5, 5.41) is 0. The van der Waals surface area contributed by atoms with Gasteiger partial charge in [0.25, 0.3) is 0 Å². The van der Waals surface area contributed by atoms with Gasteiger partial charge in [-0.15, -0.1) is 0 Å². The number of nitrogens with zero attached hydrogens (tertiary/aromatic N) is 1. The van der Waals surface area contributed by atoms with Crippen molar-refractivity contribution in [2.45, 2.75) is 70.4 Å². The fourth-order valence-corrected chi connectivity index (χ4v) is 6.59. The van der Waals surface area contributed by atoms with Crippen molar-refractivity contribution < 1.29 is 55.1 Å². The van der Waals surface area contributed by atoms with E-state index in [2.05, 4.69) is 65.2 Å². The summed E-state index contributed by atoms with van der Waals surface area (Å²) in [7, 11) is 2.42. The Balaban J connectivity index is 0.00000243. The van der Waals surface area contributed by atoms with Crippen molar-refractivity contribution in [3.63, 3.8) is 0 Å². The zero-order valence-corrected chi connectivity index (χ0v) is 22.0. The van der Waals surface area contributed by atoms with Crippen LogP contribution in [0, 0.1) is 5.92 Å². The first-order valence-corrected chi connectivity index (χ1v) is 11.3. The van der Waals surface area contributed by atoms with Crippen LogP contribution in [0.3, 0.4) is 0 Å². The molecule has 0 amide bonds. The van der Waals surface area contributed by atoms with E-state index in [9.17, 15) is 4.46 Å². The molecule has 1 aromatic carbocycles. The van der Waals surface area contributed by atoms with Gasteiger partial charge >= 0.3 is 8.84 Å². The summed E-state index contributed by atoms with van der Waals surface area (Å²) in [6.45, 7) is 6.63. The Labute approximate surface area is 200 Å². The second kappa shape index (κ2) is 11.0. The van der Waals surface area contributed by atoms with Gasteiger partial charge < -0.3 is 33.4 Å². The Bertz CT molecular complexity index is 694. The standard InChI is InChI=1S/C22H34NOSi.2ClH.Ti/c1-22(2,3)23(4,5)25(24)21-19(15-17-11-7-6-8-12-17)16-18-13-9-10-14-20(18)21;;;/h9-10,13-14,16-17,21H,6-8,11-12,15H2,1-5H3;2*1H;/q+1;;;/p-2. The van der Waals surface area contributed by atoms with Crippen molar-refractivity contribution in [3.8, 4) is 0 Å². The quantitative estimate of drug-likeness (QED) is 0.536. The average Bonchev–Trinajstić information content (AvgIpc) is 2.91. The fourth-order valence-electron chi connectivity index (χ4n) is 4.23. The number of benzene rings is 1. The van der Waals surface area contributed by atoms with E-state index in [0.29, 0.717) is 4.15 Å². The molecule has 0 bridgehead atoms. The van der Waals surface area contributed by atoms with Gasteiger partial charge in [0.2, 0.25) is 0 Å². The Morgan fingerprint density at radius 1 is 1.04 bits per heavy atom. The zero-order chi connectivity index (χ0) is 18.2. The predicted molar refractivity (Wildman–Crippen MR) is 107 cm³/mol. The van der Waals surface area contributed by atoms with Gasteiger partial charge in [-0.2, -0.15) is 0 Å². The normalized spacial score (nSPS) is 19.5. The van der Waals surface area contributed by atoms with E-state index >= 15 is 0 Å². The van der Waals surface area contributed by atoms with E-state index in [0.717, 1.165) is 12.3 Å². The Hall–Kier alpha value is 0.231. The van der Waals surface area contributed by atoms with Crippen LogP contribution >= 0.6 is 0 Å². The third-order valence-electron chi connectivity index (χ3n) is 6.74. The Morgan fingerprint density at radius 3 is 2.18 bits per heavy atom. The summed E-state index contributed by atoms with van der Waals surface area (Å²) in [4.78, 5) is 0. The largest absolute Gasteiger partial charge is 1.00 e. The van der Waals surface area contributed by atoms with Crippen LogP contribution in [0.15, 0.2) is 29.8 Å². The molecule has 1 aromatic rings. The van der Waals surface area contributed by atoms with E-state index in [1.165, 1.54) is 48.8 Å². The fraction of sp³-hybridized carbons (Fsp3) is 0.636. The molecule has 0 N–H and O–H groups in total. The molecule has 0 saturated heterocycles. The number of fused-ring (bicyclic) bond motifs is 1. The minimum absolute atomic E-state index is 0. The molecule has 2 aliphatic rings. The maximum absolute atomic E-state index is 13.8. The Kier molecular flexibility index (Phi) is 11.1. The predicted octanol–water partition coefficient (Wildman–Crippen LogP) is -0.524. The van der Waals surface area contributed by atoms with Crippen LogP contribution < -0.4 is 24.8 Å². The summed E-state index contributed by atoms with van der Waals surface area (Å²) < 4.78 is 14.4. The second-order valence-electron chi connectivity index (χ2n) is 9.45. The van der Waals surface area contributed by atoms with Gasteiger partial charge in [-0.25, -0.2) is 0 Å². The number of halogens is 2. The van der Waals surface area contributed by atoms with Crippen molar-refractivity contribution in [2.75, 3.05) is 14.1 Å². The number of rotatable bonds is 4. The van der Waals surface area contributed by atoms with Crippen LogP contribution in [-0.4, -0.2) is 32.6 Å². The van der Waals surface area contributed by atoms with E-state index in [-0.39, 0.29) is 57.6 Å². The number of allylic oxidation sites excluding steroid dienone is 1. The minimum atomic E-state index is -1.89. The first-order chi connectivity index (χ1) is 11.7. The summed E-state index contributed by atoms with van der Waals surface area (Å²) in [5.74, 6) is 0.789. The molecular weight excluding hydrogens is 441 g/mol. The second-order valence-corrected chi connectivity index (χ2v) is 11.8. The minimum Gasteiger partial charge on any atom is -1.00 e. The monoisotopic (exact) mass is 474 g/mol. The zero-order valence-electron chi connectivity index (χ0n) is 17.9. The molecule has 2 aliphatic carbocycles. The molecular formula is C22H34Cl2NOSiTi-. The van der Waals surface area contributed by atoms with E-state index < -0.39 is 8.84 Å². The number of hydrogen-bond acceptors (Lipinski definition) is 1. The first kappa shape index (κ1) is 28.2. The maximum Gasteiger partial charge on any atom is 0.565 e. The SMILES string of the molecule is CC(C)(C)[N+](C)(C)[Si](=O)C1C(CC2CCCCC2)=Cc2ccccc21.[Cl-].[Cl-].[Ti]. The molecule has 6 heteroatoms. The van der Waals surface area contributed by atoms with E-state index in [1.54, 1.807) is 0 Å². The molecule has 2 nitrogen and oxygen atoms in total.